The molecule has 0 saturated carbocycles. The Hall–Kier alpha value is -0.900. The maximum atomic E-state index is 11.4. The lowest BCUT2D eigenvalue weighted by atomic mass is 10.2. The minimum atomic E-state index is -0.0345. The largest absolute Gasteiger partial charge is 0.358 e. The normalized spacial score (nSPS) is 10.4. The average Bonchev–Trinajstić information content (AvgIpc) is 2.18. The van der Waals surface area contributed by atoms with Crippen LogP contribution in [0.4, 0.5) is 0 Å². The minimum Gasteiger partial charge on any atom is -0.358 e. The molecule has 4 nitrogen and oxygen atoms in total. The highest BCUT2D eigenvalue weighted by atomic mass is 16.2. The van der Waals surface area contributed by atoms with Crippen LogP contribution in [0.25, 0.3) is 0 Å². The molecule has 0 aliphatic heterocycles. The van der Waals surface area contributed by atoms with Gasteiger partial charge < -0.3 is 5.32 Å². The standard InChI is InChI=1S/C11H22N2O2/c1-4-6-10(14)8-13(7-5-2)9-11(15)12-3/h4-9H2,1-3H3,(H,12,15). The Labute approximate surface area is 92.0 Å². The molecule has 88 valence electrons. The van der Waals surface area contributed by atoms with Crippen LogP contribution in [-0.4, -0.2) is 43.3 Å². The number of carbonyl (C=O) groups is 2. The zero-order valence-electron chi connectivity index (χ0n) is 10.0. The summed E-state index contributed by atoms with van der Waals surface area (Å²) in [4.78, 5) is 24.5. The lowest BCUT2D eigenvalue weighted by Gasteiger charge is -2.19. The molecule has 0 spiro atoms. The number of rotatable bonds is 8. The van der Waals surface area contributed by atoms with Gasteiger partial charge >= 0.3 is 0 Å². The van der Waals surface area contributed by atoms with Gasteiger partial charge in [0.2, 0.25) is 5.91 Å². The van der Waals surface area contributed by atoms with Gasteiger partial charge in [0.05, 0.1) is 13.1 Å². The zero-order chi connectivity index (χ0) is 11.7. The Balaban J connectivity index is 4.02. The van der Waals surface area contributed by atoms with E-state index in [4.69, 9.17) is 0 Å². The van der Waals surface area contributed by atoms with Crippen molar-refractivity contribution in [2.45, 2.75) is 33.1 Å². The van der Waals surface area contributed by atoms with Crippen LogP contribution < -0.4 is 5.32 Å². The third-order valence-electron chi connectivity index (χ3n) is 2.11. The molecule has 0 aliphatic rings. The summed E-state index contributed by atoms with van der Waals surface area (Å²) in [5, 5.41) is 2.57. The number of hydrogen-bond donors (Lipinski definition) is 1. The highest BCUT2D eigenvalue weighted by Gasteiger charge is 2.12. The SMILES string of the molecule is CCCC(=O)CN(CCC)CC(=O)NC. The number of nitrogens with one attached hydrogen (secondary N) is 1. The number of carbonyl (C=O) groups excluding carboxylic acids is 2. The highest BCUT2D eigenvalue weighted by molar-refractivity contribution is 5.82. The highest BCUT2D eigenvalue weighted by Crippen LogP contribution is 1.96. The third-order valence-corrected chi connectivity index (χ3v) is 2.11. The Morgan fingerprint density at radius 1 is 1.13 bits per heavy atom. The van der Waals surface area contributed by atoms with E-state index in [0.717, 1.165) is 19.4 Å². The quantitative estimate of drug-likeness (QED) is 0.650. The van der Waals surface area contributed by atoms with Crippen molar-refractivity contribution < 1.29 is 9.59 Å². The number of Topliss-reactive ketones (excluding diaryl/α,β-unsaturated/α-hetero) is 1. The first-order valence-corrected chi connectivity index (χ1v) is 5.58. The van der Waals surface area contributed by atoms with Crippen molar-refractivity contribution >= 4 is 11.7 Å². The predicted molar refractivity (Wildman–Crippen MR) is 60.7 cm³/mol. The number of hydrogen-bond acceptors (Lipinski definition) is 3. The van der Waals surface area contributed by atoms with Crippen LogP contribution in [0.1, 0.15) is 33.1 Å². The van der Waals surface area contributed by atoms with Crippen molar-refractivity contribution in [3.05, 3.63) is 0 Å². The monoisotopic (exact) mass is 214 g/mol. The molecule has 0 bridgehead atoms. The number of amides is 1. The lowest BCUT2D eigenvalue weighted by molar-refractivity contribution is -0.123. The summed E-state index contributed by atoms with van der Waals surface area (Å²) in [6.45, 7) is 5.54. The topological polar surface area (TPSA) is 49.4 Å². The van der Waals surface area contributed by atoms with Crippen LogP contribution in [0.2, 0.25) is 0 Å². The maximum absolute atomic E-state index is 11.4. The second-order valence-electron chi connectivity index (χ2n) is 3.67. The fourth-order valence-corrected chi connectivity index (χ4v) is 1.42. The Kier molecular flexibility index (Phi) is 7.91. The molecule has 4 heteroatoms. The third kappa shape index (κ3) is 7.08. The van der Waals surface area contributed by atoms with Crippen molar-refractivity contribution in [1.82, 2.24) is 10.2 Å². The molecule has 0 atom stereocenters. The van der Waals surface area contributed by atoms with Crippen molar-refractivity contribution in [2.24, 2.45) is 0 Å². The molecule has 0 aromatic carbocycles. The van der Waals surface area contributed by atoms with Crippen LogP contribution in [0, 0.1) is 0 Å². The first kappa shape index (κ1) is 14.1. The number of likely N-dealkylation sites (N-methyl/N-ethyl adjacent to an activating group) is 1. The molecule has 0 aromatic heterocycles. The van der Waals surface area contributed by atoms with E-state index in [1.165, 1.54) is 0 Å². The molecule has 0 radical (unpaired) electrons. The molecule has 15 heavy (non-hydrogen) atoms. The maximum Gasteiger partial charge on any atom is 0.233 e. The molecular formula is C11H22N2O2. The predicted octanol–water partition coefficient (Wildman–Crippen LogP) is 0.814. The van der Waals surface area contributed by atoms with Gasteiger partial charge in [0.1, 0.15) is 5.78 Å². The van der Waals surface area contributed by atoms with E-state index in [9.17, 15) is 9.59 Å². The summed E-state index contributed by atoms with van der Waals surface area (Å²) in [5.41, 5.74) is 0. The summed E-state index contributed by atoms with van der Waals surface area (Å²) in [7, 11) is 1.61. The fourth-order valence-electron chi connectivity index (χ4n) is 1.42. The molecule has 0 unspecified atom stereocenters. The van der Waals surface area contributed by atoms with Gasteiger partial charge in [-0.1, -0.05) is 13.8 Å². The van der Waals surface area contributed by atoms with Gasteiger partial charge in [-0.05, 0) is 19.4 Å². The van der Waals surface area contributed by atoms with E-state index < -0.39 is 0 Å². The van der Waals surface area contributed by atoms with Gasteiger partial charge in [-0.15, -0.1) is 0 Å². The van der Waals surface area contributed by atoms with Crippen LogP contribution in [0.15, 0.2) is 0 Å². The molecule has 0 heterocycles. The van der Waals surface area contributed by atoms with Gasteiger partial charge in [-0.25, -0.2) is 0 Å². The summed E-state index contributed by atoms with van der Waals surface area (Å²) < 4.78 is 0. The summed E-state index contributed by atoms with van der Waals surface area (Å²) in [6, 6.07) is 0. The van der Waals surface area contributed by atoms with Gasteiger partial charge in [0, 0.05) is 13.5 Å². The van der Waals surface area contributed by atoms with Gasteiger partial charge in [0.25, 0.3) is 0 Å². The zero-order valence-corrected chi connectivity index (χ0v) is 10.0. The first-order chi connectivity index (χ1) is 7.13. The van der Waals surface area contributed by atoms with Crippen LogP contribution in [-0.2, 0) is 9.59 Å². The summed E-state index contributed by atoms with van der Waals surface area (Å²) >= 11 is 0. The van der Waals surface area contributed by atoms with Crippen molar-refractivity contribution in [2.75, 3.05) is 26.7 Å². The van der Waals surface area contributed by atoms with Crippen molar-refractivity contribution in [3.63, 3.8) is 0 Å². The Bertz CT molecular complexity index is 205. The minimum absolute atomic E-state index is 0.0345. The molecule has 1 amide bonds. The van der Waals surface area contributed by atoms with E-state index in [1.54, 1.807) is 7.05 Å². The Morgan fingerprint density at radius 3 is 2.27 bits per heavy atom. The van der Waals surface area contributed by atoms with E-state index in [-0.39, 0.29) is 11.7 Å². The molecule has 0 saturated heterocycles. The Morgan fingerprint density at radius 2 is 1.80 bits per heavy atom. The van der Waals surface area contributed by atoms with E-state index in [1.807, 2.05) is 18.7 Å². The number of ketones is 1. The first-order valence-electron chi connectivity index (χ1n) is 5.58. The average molecular weight is 214 g/mol. The molecule has 1 N–H and O–H groups in total. The molecular weight excluding hydrogens is 192 g/mol. The molecule has 0 aliphatic carbocycles. The van der Waals surface area contributed by atoms with Crippen LogP contribution >= 0.6 is 0 Å². The van der Waals surface area contributed by atoms with E-state index >= 15 is 0 Å². The second kappa shape index (κ2) is 8.41. The fraction of sp³-hybridized carbons (Fsp3) is 0.818. The van der Waals surface area contributed by atoms with E-state index in [2.05, 4.69) is 5.32 Å². The van der Waals surface area contributed by atoms with Crippen LogP contribution in [0.5, 0.6) is 0 Å². The van der Waals surface area contributed by atoms with Gasteiger partial charge in [-0.2, -0.15) is 0 Å². The number of nitrogens with zero attached hydrogens (tertiary/aromatic N) is 1. The van der Waals surface area contributed by atoms with Crippen molar-refractivity contribution in [3.8, 4) is 0 Å². The van der Waals surface area contributed by atoms with Crippen molar-refractivity contribution in [1.29, 1.82) is 0 Å². The second-order valence-corrected chi connectivity index (χ2v) is 3.67. The van der Waals surface area contributed by atoms with E-state index in [0.29, 0.717) is 19.5 Å². The van der Waals surface area contributed by atoms with Gasteiger partial charge in [0.15, 0.2) is 0 Å². The van der Waals surface area contributed by atoms with Gasteiger partial charge in [-0.3, -0.25) is 14.5 Å². The molecule has 0 aromatic rings. The van der Waals surface area contributed by atoms with Crippen LogP contribution in [0.3, 0.4) is 0 Å². The smallest absolute Gasteiger partial charge is 0.233 e. The molecule has 0 rings (SSSR count). The molecule has 0 fully saturated rings. The summed E-state index contributed by atoms with van der Waals surface area (Å²) in [6.07, 6.45) is 2.43. The lowest BCUT2D eigenvalue weighted by Crippen LogP contribution is -2.39. The summed E-state index contributed by atoms with van der Waals surface area (Å²) in [5.74, 6) is 0.183.